The third-order valence-electron chi connectivity index (χ3n) is 5.30. The Labute approximate surface area is 187 Å². The number of aromatic nitrogens is 2. The van der Waals surface area contributed by atoms with Crippen LogP contribution < -0.4 is 4.74 Å². The zero-order valence-electron chi connectivity index (χ0n) is 19.4. The molecule has 1 heterocycles. The summed E-state index contributed by atoms with van der Waals surface area (Å²) < 4.78 is 11.0. The minimum atomic E-state index is -0.570. The number of carbonyl (C=O) groups is 1. The van der Waals surface area contributed by atoms with Gasteiger partial charge in [0.15, 0.2) is 11.9 Å². The van der Waals surface area contributed by atoms with Gasteiger partial charge >= 0.3 is 5.97 Å². The van der Waals surface area contributed by atoms with Crippen molar-refractivity contribution in [3.63, 3.8) is 0 Å². The first-order valence-electron chi connectivity index (χ1n) is 11.9. The van der Waals surface area contributed by atoms with Crippen molar-refractivity contribution < 1.29 is 14.3 Å². The van der Waals surface area contributed by atoms with Gasteiger partial charge in [0, 0.05) is 24.6 Å². The molecule has 2 rings (SSSR count). The summed E-state index contributed by atoms with van der Waals surface area (Å²) >= 11 is 0. The number of benzene rings is 1. The molecular weight excluding hydrogens is 388 g/mol. The Morgan fingerprint density at radius 1 is 0.871 bits per heavy atom. The lowest BCUT2D eigenvalue weighted by atomic mass is 10.1. The van der Waals surface area contributed by atoms with Crippen LogP contribution in [0.1, 0.15) is 84.1 Å². The van der Waals surface area contributed by atoms with Crippen LogP contribution in [0.2, 0.25) is 0 Å². The maximum Gasteiger partial charge on any atom is 0.340 e. The number of hydrogen-bond acceptors (Lipinski definition) is 5. The van der Waals surface area contributed by atoms with Crippen LogP contribution in [0.4, 0.5) is 0 Å². The molecule has 0 amide bonds. The zero-order chi connectivity index (χ0) is 22.3. The minimum absolute atomic E-state index is 0.372. The maximum absolute atomic E-state index is 12.2. The van der Waals surface area contributed by atoms with Crippen LogP contribution in [0.5, 0.6) is 5.75 Å². The Morgan fingerprint density at radius 3 is 2.13 bits per heavy atom. The largest absolute Gasteiger partial charge is 0.425 e. The Kier molecular flexibility index (Phi) is 11.8. The monoisotopic (exact) mass is 426 g/mol. The third-order valence-corrected chi connectivity index (χ3v) is 5.30. The first-order valence-corrected chi connectivity index (χ1v) is 11.9. The lowest BCUT2D eigenvalue weighted by molar-refractivity contribution is -0.146. The molecule has 1 atom stereocenters. The second-order valence-electron chi connectivity index (χ2n) is 8.10. The summed E-state index contributed by atoms with van der Waals surface area (Å²) in [5.74, 6) is 0.804. The molecule has 170 valence electrons. The highest BCUT2D eigenvalue weighted by molar-refractivity contribution is 5.77. The van der Waals surface area contributed by atoms with Crippen molar-refractivity contribution in [3.8, 4) is 17.1 Å². The molecule has 0 aliphatic carbocycles. The van der Waals surface area contributed by atoms with Gasteiger partial charge in [0.2, 0.25) is 0 Å². The van der Waals surface area contributed by atoms with Crippen LogP contribution in [-0.4, -0.2) is 28.6 Å². The number of unbranched alkanes of at least 4 members (excludes halogenated alkanes) is 7. The van der Waals surface area contributed by atoms with Crippen LogP contribution in [0.15, 0.2) is 36.7 Å². The van der Waals surface area contributed by atoms with E-state index in [2.05, 4.69) is 23.8 Å². The summed E-state index contributed by atoms with van der Waals surface area (Å²) in [6.45, 7) is 6.72. The fourth-order valence-electron chi connectivity index (χ4n) is 3.29. The number of nitrogens with zero attached hydrogens (tertiary/aromatic N) is 2. The molecule has 5 heteroatoms. The van der Waals surface area contributed by atoms with Gasteiger partial charge in [0.05, 0.1) is 0 Å². The van der Waals surface area contributed by atoms with E-state index in [-0.39, 0.29) is 5.97 Å². The van der Waals surface area contributed by atoms with Gasteiger partial charge in [-0.2, -0.15) is 0 Å². The molecule has 0 N–H and O–H groups in total. The Balaban J connectivity index is 1.78. The molecule has 31 heavy (non-hydrogen) atoms. The SMILES string of the molecule is CCCCCCCc1cnc(-c2ccc(OC(=O)C(C)OCCCCCC)cc2)nc1. The fraction of sp³-hybridized carbons (Fsp3) is 0.577. The van der Waals surface area contributed by atoms with Crippen molar-refractivity contribution in [2.24, 2.45) is 0 Å². The highest BCUT2D eigenvalue weighted by Gasteiger charge is 2.16. The average Bonchev–Trinajstić information content (AvgIpc) is 2.79. The topological polar surface area (TPSA) is 61.3 Å². The van der Waals surface area contributed by atoms with Gasteiger partial charge in [-0.1, -0.05) is 58.8 Å². The predicted molar refractivity (Wildman–Crippen MR) is 125 cm³/mol. The highest BCUT2D eigenvalue weighted by Crippen LogP contribution is 2.20. The summed E-state index contributed by atoms with van der Waals surface area (Å²) in [6, 6.07) is 7.29. The number of hydrogen-bond donors (Lipinski definition) is 0. The lowest BCUT2D eigenvalue weighted by Gasteiger charge is -2.12. The molecule has 0 spiro atoms. The standard InChI is InChI=1S/C26H38N2O3/c1-4-6-8-10-11-13-22-19-27-25(28-20-22)23-14-16-24(17-15-23)31-26(29)21(3)30-18-12-9-7-5-2/h14-17,19-21H,4-13,18H2,1-3H3. The van der Waals surface area contributed by atoms with E-state index in [9.17, 15) is 4.79 Å². The molecule has 0 saturated heterocycles. The molecule has 0 fully saturated rings. The molecule has 0 radical (unpaired) electrons. The molecule has 0 saturated carbocycles. The summed E-state index contributed by atoms with van der Waals surface area (Å²) in [7, 11) is 0. The van der Waals surface area contributed by atoms with Gasteiger partial charge in [-0.15, -0.1) is 0 Å². The summed E-state index contributed by atoms with van der Waals surface area (Å²) in [4.78, 5) is 21.2. The van der Waals surface area contributed by atoms with Crippen LogP contribution >= 0.6 is 0 Å². The Bertz CT molecular complexity index is 744. The van der Waals surface area contributed by atoms with E-state index in [1.807, 2.05) is 24.5 Å². The van der Waals surface area contributed by atoms with Crippen molar-refractivity contribution in [1.82, 2.24) is 9.97 Å². The second-order valence-corrected chi connectivity index (χ2v) is 8.10. The second kappa shape index (κ2) is 14.7. The molecular formula is C26H38N2O3. The Hall–Kier alpha value is -2.27. The third kappa shape index (κ3) is 9.60. The number of rotatable bonds is 15. The van der Waals surface area contributed by atoms with Gasteiger partial charge in [-0.3, -0.25) is 0 Å². The van der Waals surface area contributed by atoms with Gasteiger partial charge in [-0.05, 0) is 56.0 Å². The van der Waals surface area contributed by atoms with Crippen LogP contribution in [0.25, 0.3) is 11.4 Å². The molecule has 0 bridgehead atoms. The molecule has 1 aromatic carbocycles. The smallest absolute Gasteiger partial charge is 0.340 e. The summed E-state index contributed by atoms with van der Waals surface area (Å²) in [5, 5.41) is 0. The van der Waals surface area contributed by atoms with Gasteiger partial charge < -0.3 is 9.47 Å². The normalized spacial score (nSPS) is 12.0. The van der Waals surface area contributed by atoms with E-state index < -0.39 is 6.10 Å². The van der Waals surface area contributed by atoms with Gasteiger partial charge in [-0.25, -0.2) is 14.8 Å². The lowest BCUT2D eigenvalue weighted by Crippen LogP contribution is -2.26. The maximum atomic E-state index is 12.2. The molecule has 5 nitrogen and oxygen atoms in total. The highest BCUT2D eigenvalue weighted by atomic mass is 16.6. The van der Waals surface area contributed by atoms with Gasteiger partial charge in [0.25, 0.3) is 0 Å². The Morgan fingerprint density at radius 2 is 1.48 bits per heavy atom. The first kappa shape index (κ1) is 25.0. The van der Waals surface area contributed by atoms with E-state index >= 15 is 0 Å². The van der Waals surface area contributed by atoms with Crippen molar-refractivity contribution >= 4 is 5.97 Å². The van der Waals surface area contributed by atoms with E-state index in [1.165, 1.54) is 50.5 Å². The number of aryl methyl sites for hydroxylation is 1. The molecule has 1 aromatic heterocycles. The minimum Gasteiger partial charge on any atom is -0.425 e. The quantitative estimate of drug-likeness (QED) is 0.184. The molecule has 0 aliphatic rings. The van der Waals surface area contributed by atoms with Crippen molar-refractivity contribution in [1.29, 1.82) is 0 Å². The molecule has 2 aromatic rings. The predicted octanol–water partition coefficient (Wildman–Crippen LogP) is 6.55. The fourth-order valence-corrected chi connectivity index (χ4v) is 3.29. The number of carbonyl (C=O) groups excluding carboxylic acids is 1. The molecule has 1 unspecified atom stereocenters. The van der Waals surface area contributed by atoms with Crippen molar-refractivity contribution in [3.05, 3.63) is 42.2 Å². The first-order chi connectivity index (χ1) is 15.1. The van der Waals surface area contributed by atoms with E-state index in [4.69, 9.17) is 9.47 Å². The number of esters is 1. The van der Waals surface area contributed by atoms with Crippen LogP contribution in [-0.2, 0) is 16.0 Å². The van der Waals surface area contributed by atoms with Crippen molar-refractivity contribution in [2.75, 3.05) is 6.61 Å². The molecule has 0 aliphatic heterocycles. The van der Waals surface area contributed by atoms with Crippen molar-refractivity contribution in [2.45, 2.75) is 91.1 Å². The van der Waals surface area contributed by atoms with Crippen LogP contribution in [0.3, 0.4) is 0 Å². The summed E-state index contributed by atoms with van der Waals surface area (Å²) in [6.07, 6.45) is 15.1. The van der Waals surface area contributed by atoms with E-state index in [0.29, 0.717) is 18.2 Å². The van der Waals surface area contributed by atoms with Crippen LogP contribution in [0, 0.1) is 0 Å². The number of ether oxygens (including phenoxy) is 2. The summed E-state index contributed by atoms with van der Waals surface area (Å²) in [5.41, 5.74) is 2.07. The average molecular weight is 427 g/mol. The van der Waals surface area contributed by atoms with E-state index in [1.54, 1.807) is 19.1 Å². The van der Waals surface area contributed by atoms with E-state index in [0.717, 1.165) is 24.8 Å². The zero-order valence-corrected chi connectivity index (χ0v) is 19.4. The van der Waals surface area contributed by atoms with Gasteiger partial charge in [0.1, 0.15) is 5.75 Å².